The highest BCUT2D eigenvalue weighted by Crippen LogP contribution is 2.70. The Bertz CT molecular complexity index is 3260. The van der Waals surface area contributed by atoms with Crippen molar-refractivity contribution in [2.24, 2.45) is 23.7 Å². The largest absolute Gasteiger partial charge is 0.310 e. The minimum atomic E-state index is -0.0796. The van der Waals surface area contributed by atoms with Gasteiger partial charge in [0.25, 0.3) is 0 Å². The van der Waals surface area contributed by atoms with E-state index in [-0.39, 0.29) is 16.2 Å². The minimum absolute atomic E-state index is 0.00855. The summed E-state index contributed by atoms with van der Waals surface area (Å²) in [7, 11) is 0. The van der Waals surface area contributed by atoms with Gasteiger partial charge < -0.3 is 4.90 Å². The molecule has 8 aromatic rings. The molecule has 1 nitrogen and oxygen atoms in total. The van der Waals surface area contributed by atoms with E-state index in [1.54, 1.807) is 11.1 Å². The third kappa shape index (κ3) is 5.05. The lowest BCUT2D eigenvalue weighted by molar-refractivity contribution is -0.0399. The van der Waals surface area contributed by atoms with Gasteiger partial charge in [-0.25, -0.2) is 0 Å². The van der Waals surface area contributed by atoms with E-state index in [1.807, 2.05) is 0 Å². The quantitative estimate of drug-likeness (QED) is 0.167. The van der Waals surface area contributed by atoms with E-state index in [9.17, 15) is 0 Å². The number of anilines is 3. The van der Waals surface area contributed by atoms with Gasteiger partial charge in [0.2, 0.25) is 0 Å². The summed E-state index contributed by atoms with van der Waals surface area (Å²) < 4.78 is 0. The first kappa shape index (κ1) is 37.9. The van der Waals surface area contributed by atoms with Crippen molar-refractivity contribution < 1.29 is 0 Å². The molecule has 0 heterocycles. The summed E-state index contributed by atoms with van der Waals surface area (Å²) in [5.74, 6) is 3.21. The molecule has 0 radical (unpaired) electrons. The number of fused-ring (bicyclic) bond motifs is 9. The first-order valence-corrected chi connectivity index (χ1v) is 24.4. The lowest BCUT2D eigenvalue weighted by atomic mass is 9.43. The van der Waals surface area contributed by atoms with E-state index in [0.717, 1.165) is 11.8 Å². The monoisotopic (exact) mass is 837 g/mol. The fourth-order valence-corrected chi connectivity index (χ4v) is 15.3. The van der Waals surface area contributed by atoms with Crippen LogP contribution in [0.2, 0.25) is 0 Å². The molecule has 7 aliphatic carbocycles. The van der Waals surface area contributed by atoms with Crippen molar-refractivity contribution in [3.8, 4) is 55.6 Å². The molecule has 4 bridgehead atoms. The van der Waals surface area contributed by atoms with Crippen LogP contribution in [0.5, 0.6) is 0 Å². The fourth-order valence-electron chi connectivity index (χ4n) is 15.3. The lowest BCUT2D eigenvalue weighted by Crippen LogP contribution is -2.55. The second kappa shape index (κ2) is 13.3. The van der Waals surface area contributed by atoms with Crippen LogP contribution >= 0.6 is 0 Å². The van der Waals surface area contributed by atoms with Crippen LogP contribution in [-0.2, 0) is 16.2 Å². The fraction of sp³-hybridized carbons (Fsp3) is 0.250. The predicted octanol–water partition coefficient (Wildman–Crippen LogP) is 16.8. The maximum atomic E-state index is 2.66. The Labute approximate surface area is 384 Å². The van der Waals surface area contributed by atoms with E-state index in [4.69, 9.17) is 0 Å². The van der Waals surface area contributed by atoms with Crippen LogP contribution in [0, 0.1) is 23.7 Å². The maximum absolute atomic E-state index is 2.66. The predicted molar refractivity (Wildman–Crippen MR) is 270 cm³/mol. The van der Waals surface area contributed by atoms with Crippen LogP contribution in [-0.4, -0.2) is 0 Å². The van der Waals surface area contributed by atoms with Crippen molar-refractivity contribution >= 4 is 17.1 Å². The molecule has 0 saturated heterocycles. The Morgan fingerprint density at radius 3 is 1.58 bits per heavy atom. The Morgan fingerprint density at radius 2 is 0.862 bits per heavy atom. The summed E-state index contributed by atoms with van der Waals surface area (Å²) in [6, 6.07) is 68.1. The third-order valence-corrected chi connectivity index (χ3v) is 17.9. The van der Waals surface area contributed by atoms with E-state index in [0.29, 0.717) is 11.8 Å². The average Bonchev–Trinajstić information content (AvgIpc) is 3.85. The molecule has 0 aromatic heterocycles. The van der Waals surface area contributed by atoms with Crippen LogP contribution in [0.15, 0.2) is 176 Å². The zero-order valence-electron chi connectivity index (χ0n) is 38.0. The second-order valence-corrected chi connectivity index (χ2v) is 21.7. The maximum Gasteiger partial charge on any atom is 0.0540 e. The Kier molecular flexibility index (Phi) is 7.77. The Balaban J connectivity index is 0.959. The van der Waals surface area contributed by atoms with Crippen molar-refractivity contribution in [2.45, 2.75) is 76.0 Å². The van der Waals surface area contributed by atoms with Gasteiger partial charge in [-0.3, -0.25) is 0 Å². The molecular weight excluding hydrogens is 783 g/mol. The molecule has 316 valence electrons. The first-order valence-electron chi connectivity index (χ1n) is 24.4. The van der Waals surface area contributed by atoms with Gasteiger partial charge in [0, 0.05) is 33.2 Å². The molecule has 0 unspecified atom stereocenters. The van der Waals surface area contributed by atoms with E-state index < -0.39 is 0 Å². The molecule has 4 saturated carbocycles. The smallest absolute Gasteiger partial charge is 0.0540 e. The van der Waals surface area contributed by atoms with Crippen molar-refractivity contribution in [3.05, 3.63) is 209 Å². The molecule has 0 atom stereocenters. The van der Waals surface area contributed by atoms with Gasteiger partial charge in [0.15, 0.2) is 0 Å². The summed E-state index contributed by atoms with van der Waals surface area (Å²) in [6.07, 6.45) is 6.96. The number of hydrogen-bond donors (Lipinski definition) is 0. The normalized spacial score (nSPS) is 23.7. The molecule has 0 amide bonds. The molecule has 1 heteroatoms. The van der Waals surface area contributed by atoms with Gasteiger partial charge in [0.1, 0.15) is 0 Å². The molecule has 65 heavy (non-hydrogen) atoms. The lowest BCUT2D eigenvalue weighted by Gasteiger charge is -2.61. The molecule has 1 spiro atoms. The number of para-hydroxylation sites is 1. The topological polar surface area (TPSA) is 3.24 Å². The Hall–Kier alpha value is -6.44. The van der Waals surface area contributed by atoms with Gasteiger partial charge in [0.05, 0.1) is 5.69 Å². The first-order chi connectivity index (χ1) is 31.7. The molecule has 15 rings (SSSR count). The second-order valence-electron chi connectivity index (χ2n) is 21.7. The zero-order valence-corrected chi connectivity index (χ0v) is 38.0. The van der Waals surface area contributed by atoms with Gasteiger partial charge >= 0.3 is 0 Å². The third-order valence-electron chi connectivity index (χ3n) is 17.9. The summed E-state index contributed by atoms with van der Waals surface area (Å²) in [5, 5.41) is 0. The summed E-state index contributed by atoms with van der Waals surface area (Å²) in [4.78, 5) is 2.60. The standard InChI is InChI=1S/C64H55N/c1-62(2)54-19-9-5-15-48(54)53-37-42(26-31-56(53)62)41-24-27-45(28-25-41)65(60-23-12-8-16-50(60)51-18-13-22-58-61(51)52-17-7-10-20-55(52)63(58,3)4)46-29-30-49-47-14-6-11-21-57(47)64(59(49)38-46)43-33-39-32-40(35-43)36-44(64)34-39/h5-31,37-40,43-44H,32-36H2,1-4H3. The Morgan fingerprint density at radius 1 is 0.354 bits per heavy atom. The SMILES string of the molecule is CC1(C)c2ccccc2-c2cc(-c3ccc(N(c4ccc5c(c4)C4(c6ccccc6-5)C5CC6CC(C5)CC4C6)c4ccccc4-c4cccc5c4-c4ccccc4C5(C)C)cc3)ccc21. The zero-order chi connectivity index (χ0) is 43.4. The van der Waals surface area contributed by atoms with Crippen LogP contribution < -0.4 is 4.90 Å². The summed E-state index contributed by atoms with van der Waals surface area (Å²) >= 11 is 0. The highest BCUT2D eigenvalue weighted by molar-refractivity contribution is 5.99. The molecular formula is C64H55N. The van der Waals surface area contributed by atoms with E-state index in [2.05, 4.69) is 209 Å². The van der Waals surface area contributed by atoms with Crippen LogP contribution in [0.1, 0.15) is 93.2 Å². The molecule has 0 aliphatic heterocycles. The van der Waals surface area contributed by atoms with E-state index >= 15 is 0 Å². The van der Waals surface area contributed by atoms with Crippen LogP contribution in [0.3, 0.4) is 0 Å². The van der Waals surface area contributed by atoms with E-state index in [1.165, 1.54) is 127 Å². The number of rotatable bonds is 5. The summed E-state index contributed by atoms with van der Waals surface area (Å²) in [5.41, 5.74) is 25.9. The number of hydrogen-bond acceptors (Lipinski definition) is 1. The number of nitrogens with zero attached hydrogens (tertiary/aromatic N) is 1. The van der Waals surface area contributed by atoms with Gasteiger partial charge in [-0.15, -0.1) is 0 Å². The minimum Gasteiger partial charge on any atom is -0.310 e. The van der Waals surface area contributed by atoms with Crippen molar-refractivity contribution in [3.63, 3.8) is 0 Å². The van der Waals surface area contributed by atoms with Gasteiger partial charge in [-0.2, -0.15) is 0 Å². The highest BCUT2D eigenvalue weighted by Gasteiger charge is 2.61. The van der Waals surface area contributed by atoms with Gasteiger partial charge in [-0.1, -0.05) is 167 Å². The summed E-state index contributed by atoms with van der Waals surface area (Å²) in [6.45, 7) is 9.52. The van der Waals surface area contributed by atoms with Crippen LogP contribution in [0.4, 0.5) is 17.1 Å². The molecule has 4 fully saturated rings. The number of benzene rings is 8. The average molecular weight is 838 g/mol. The molecule has 7 aliphatic rings. The van der Waals surface area contributed by atoms with Crippen molar-refractivity contribution in [1.82, 2.24) is 0 Å². The van der Waals surface area contributed by atoms with Crippen molar-refractivity contribution in [2.75, 3.05) is 4.90 Å². The molecule has 8 aromatic carbocycles. The van der Waals surface area contributed by atoms with Crippen molar-refractivity contribution in [1.29, 1.82) is 0 Å². The van der Waals surface area contributed by atoms with Gasteiger partial charge in [-0.05, 0) is 176 Å². The van der Waals surface area contributed by atoms with Crippen LogP contribution in [0.25, 0.3) is 55.6 Å². The molecule has 0 N–H and O–H groups in total. The highest BCUT2D eigenvalue weighted by atomic mass is 15.1.